The normalized spacial score (nSPS) is 11.1. The molecule has 30 heteroatoms. The van der Waals surface area contributed by atoms with Gasteiger partial charge in [0.25, 0.3) is 0 Å². The van der Waals surface area contributed by atoms with Gasteiger partial charge in [-0.15, -0.1) is 0 Å². The summed E-state index contributed by atoms with van der Waals surface area (Å²) < 4.78 is 0. The van der Waals surface area contributed by atoms with Crippen molar-refractivity contribution < 1.29 is 152 Å². The summed E-state index contributed by atoms with van der Waals surface area (Å²) in [4.78, 5) is 51.5. The molecule has 19 nitrogen and oxygen atoms in total. The number of halogens is 9. The van der Waals surface area contributed by atoms with Gasteiger partial charge in [0.2, 0.25) is 0 Å². The van der Waals surface area contributed by atoms with E-state index in [4.69, 9.17) is 30.3 Å². The molecule has 0 bridgehead atoms. The number of aliphatic carboxylic acids is 4. The van der Waals surface area contributed by atoms with E-state index in [0.29, 0.717) is 75.6 Å². The van der Waals surface area contributed by atoms with Crippen LogP contribution in [0.15, 0.2) is 48.5 Å². The monoisotopic (exact) mass is 1780 g/mol. The van der Waals surface area contributed by atoms with Crippen LogP contribution in [-0.4, -0.2) is 139 Å². The van der Waals surface area contributed by atoms with Gasteiger partial charge in [-0.3, -0.25) is 24.2 Å². The predicted molar refractivity (Wildman–Crippen MR) is 319 cm³/mol. The van der Waals surface area contributed by atoms with Crippen molar-refractivity contribution in [2.24, 2.45) is 5.92 Å². The van der Waals surface area contributed by atoms with E-state index in [1.165, 1.54) is 0 Å². The molecule has 0 aliphatic heterocycles. The molecule has 0 amide bonds. The van der Waals surface area contributed by atoms with Crippen molar-refractivity contribution in [2.75, 3.05) is 44.2 Å². The Bertz CT molecular complexity index is 2170. The van der Waals surface area contributed by atoms with E-state index >= 15 is 0 Å². The number of aliphatic hydroxyl groups excluding tert-OH is 4. The van der Waals surface area contributed by atoms with Gasteiger partial charge < -0.3 is 91.0 Å². The van der Waals surface area contributed by atoms with E-state index < -0.39 is 35.0 Å². The fourth-order valence-electron chi connectivity index (χ4n) is 8.29. The Morgan fingerprint density at radius 1 is 0.556 bits per heavy atom. The maximum atomic E-state index is 11.5. The molecule has 2 atom stereocenters. The third kappa shape index (κ3) is 36.8. The molecule has 0 fully saturated rings. The SMILES string of the molecule is C.CI.Cc1cc(CO)c(O)c(CC(CC[NH+](CC(=O)O)Cc2cc(C)cc(CO)c2O)CC(=O)O)c1.Cc1cc(CO)c(O)c(CN(CCN(CC(=O)O)Cc2cc(C)cc(CO)c2O)CC(=O)O)c1.I[I-]I.[Cl-].[Cl-].[Cl][Fe]([Cl])[Cl].[Fe]. The van der Waals surface area contributed by atoms with E-state index in [-0.39, 0.29) is 170 Å². The molecule has 469 valence electrons. The number of hydrogen-bond donors (Lipinski definition) is 13. The van der Waals surface area contributed by atoms with Crippen LogP contribution in [0.5, 0.6) is 23.0 Å². The maximum Gasteiger partial charge on any atom is 0 e. The molecular weight excluding hydrogens is 1710 g/mol. The summed E-state index contributed by atoms with van der Waals surface area (Å²) in [7, 11) is 14.7. The van der Waals surface area contributed by atoms with Crippen molar-refractivity contribution in [3.63, 3.8) is 0 Å². The summed E-state index contributed by atoms with van der Waals surface area (Å²) in [6, 6.07) is 13.5. The number of carboxylic acids is 4. The number of carbonyl (C=O) groups is 4. The van der Waals surface area contributed by atoms with Crippen molar-refractivity contribution in [3.05, 3.63) is 115 Å². The number of quaternary nitrogens is 1. The third-order valence-corrected chi connectivity index (χ3v) is 11.3. The van der Waals surface area contributed by atoms with Gasteiger partial charge >= 0.3 is 116 Å². The molecular formula is C51H73Cl5Fe2I4N3O16-2. The van der Waals surface area contributed by atoms with Gasteiger partial charge in [0.1, 0.15) is 29.5 Å². The Morgan fingerprint density at radius 3 is 1.14 bits per heavy atom. The van der Waals surface area contributed by atoms with E-state index in [1.807, 2.05) is 18.8 Å². The smallest absolute Gasteiger partial charge is 0 e. The number of benzene rings is 4. The largest absolute Gasteiger partial charge is 0 e. The average molecular weight is 1780 g/mol. The fraction of sp³-hybridized carbons (Fsp3) is 0.451. The second-order valence-corrected chi connectivity index (χ2v) is 39.2. The molecule has 13 N–H and O–H groups in total. The van der Waals surface area contributed by atoms with Crippen molar-refractivity contribution in [3.8, 4) is 23.0 Å². The van der Waals surface area contributed by atoms with Gasteiger partial charge in [0, 0.05) is 95.0 Å². The minimum atomic E-state index is -1.33. The minimum absolute atomic E-state index is 0. The summed E-state index contributed by atoms with van der Waals surface area (Å²) in [5.74, 6) is -4.89. The van der Waals surface area contributed by atoms with Crippen LogP contribution in [0.2, 0.25) is 0 Å². The molecule has 0 aliphatic carbocycles. The molecule has 0 radical (unpaired) electrons. The van der Waals surface area contributed by atoms with Crippen LogP contribution in [0.4, 0.5) is 0 Å². The quantitative estimate of drug-likeness (QED) is 0.0195. The number of alkyl halides is 1. The summed E-state index contributed by atoms with van der Waals surface area (Å²) in [5, 5.41) is 117. The Morgan fingerprint density at radius 2 is 0.840 bits per heavy atom. The first-order valence-corrected chi connectivity index (χ1v) is 42.3. The molecule has 0 saturated carbocycles. The van der Waals surface area contributed by atoms with Crippen LogP contribution in [-0.2, 0) is 99.9 Å². The molecule has 0 aromatic heterocycles. The van der Waals surface area contributed by atoms with Gasteiger partial charge in [-0.2, -0.15) is 0 Å². The summed E-state index contributed by atoms with van der Waals surface area (Å²) in [6.45, 7) is 5.94. The Balaban J connectivity index is -0.000000397. The molecule has 0 heterocycles. The summed E-state index contributed by atoms with van der Waals surface area (Å²) >= 11 is 6.12. The standard InChI is InChI=1S/C25H33NO8.C24H32N2O8.CH3I.CH4.5ClH.2Fe.I3/c1-15-5-18(24(33)20(7-15)13-27)9-17(10-22(29)30)3-4-26(12-23(31)32)11-19-6-16(2)8-21(14-28)25(19)34;1-15-5-17(23(33)19(7-15)13-27)9-25(11-21(29)30)3-4-26(12-22(31)32)10-18-6-16(2)8-20(14-28)24(18)34;1-2;;;;;;;;;1-3-2/h5-8,17,27-28,33-34H,3-4,9-14H2,1-2H3,(H,29,30)(H,31,32);5-8,27-28,33-34H,3-4,9-14H2,1-2H3,(H,29,30)(H,31,32);1H3;1H4;5*1H;;;/q;;;;;;;;;;+3;-1/p-4. The third-order valence-electron chi connectivity index (χ3n) is 11.3. The van der Waals surface area contributed by atoms with Crippen molar-refractivity contribution in [1.82, 2.24) is 9.80 Å². The summed E-state index contributed by atoms with van der Waals surface area (Å²) in [6.07, 6.45) is 0.472. The van der Waals surface area contributed by atoms with Gasteiger partial charge in [-0.25, -0.2) is 4.79 Å². The first-order valence-electron chi connectivity index (χ1n) is 23.0. The number of aliphatic hydroxyl groups is 4. The molecule has 2 unspecified atom stereocenters. The Hall–Kier alpha value is -0.911. The number of nitrogens with one attached hydrogen (secondary N) is 1. The fourth-order valence-corrected chi connectivity index (χ4v) is 8.29. The van der Waals surface area contributed by atoms with Crippen LogP contribution in [0.1, 0.15) is 87.0 Å². The molecule has 81 heavy (non-hydrogen) atoms. The zero-order valence-corrected chi connectivity index (χ0v) is 58.6. The number of rotatable bonds is 26. The first kappa shape index (κ1) is 88.8. The predicted octanol–water partition coefficient (Wildman–Crippen LogP) is -1.40. The van der Waals surface area contributed by atoms with E-state index in [2.05, 4.69) is 59.8 Å². The first-order chi connectivity index (χ1) is 36.2. The van der Waals surface area contributed by atoms with Gasteiger partial charge in [-0.05, 0) is 56.6 Å². The van der Waals surface area contributed by atoms with Crippen LogP contribution in [0.3, 0.4) is 0 Å². The number of hydrogen-bond acceptors (Lipinski definition) is 14. The van der Waals surface area contributed by atoms with Gasteiger partial charge in [-0.1, -0.05) is 94.7 Å². The van der Waals surface area contributed by atoms with Crippen LogP contribution in [0, 0.1) is 33.6 Å². The van der Waals surface area contributed by atoms with Crippen molar-refractivity contribution in [2.45, 2.75) is 100 Å². The number of phenols is 4. The second kappa shape index (κ2) is 49.1. The Kier molecular flexibility index (Phi) is 53.9. The minimum Gasteiger partial charge on any atom is 0 e. The molecule has 0 saturated heterocycles. The van der Waals surface area contributed by atoms with Gasteiger partial charge in [0.15, 0.2) is 6.54 Å². The van der Waals surface area contributed by atoms with Crippen LogP contribution in [0.25, 0.3) is 0 Å². The Labute approximate surface area is 557 Å². The zero-order chi connectivity index (χ0) is 59.1. The van der Waals surface area contributed by atoms with Crippen LogP contribution >= 0.6 is 90.1 Å². The topological polar surface area (TPSA) is 322 Å². The number of aryl methyl sites for hydroxylation is 4. The molecule has 4 aromatic rings. The summed E-state index contributed by atoms with van der Waals surface area (Å²) in [5.41, 5.74) is 6.64. The number of nitrogens with zero attached hydrogens (tertiary/aromatic N) is 2. The molecule has 0 aliphatic rings. The van der Waals surface area contributed by atoms with Crippen molar-refractivity contribution in [1.29, 1.82) is 0 Å². The van der Waals surface area contributed by atoms with E-state index in [0.717, 1.165) is 22.3 Å². The van der Waals surface area contributed by atoms with E-state index in [9.17, 15) is 80.5 Å². The second-order valence-electron chi connectivity index (χ2n) is 17.5. The molecule has 4 aromatic carbocycles. The zero-order valence-electron chi connectivity index (χ0n) is 44.0. The number of carboxylic acid groups (broad SMARTS) is 4. The molecule has 4 rings (SSSR count). The molecule has 0 spiro atoms. The van der Waals surface area contributed by atoms with Crippen LogP contribution < -0.4 is 43.0 Å². The van der Waals surface area contributed by atoms with Gasteiger partial charge in [0.05, 0.1) is 46.1 Å². The average Bonchev–Trinajstić information content (AvgIpc) is 3.34. The maximum absolute atomic E-state index is 11.5. The number of aromatic hydroxyl groups is 4. The van der Waals surface area contributed by atoms with Crippen molar-refractivity contribution >= 4 is 114 Å². The van der Waals surface area contributed by atoms with E-state index in [1.54, 1.807) is 72.2 Å².